The molecule has 0 fully saturated rings. The van der Waals surface area contributed by atoms with E-state index in [-0.39, 0.29) is 5.75 Å². The largest absolute Gasteiger partial charge is 0.506 e. The van der Waals surface area contributed by atoms with Crippen molar-refractivity contribution in [2.24, 2.45) is 7.05 Å². The molecule has 0 aliphatic heterocycles. The zero-order valence-corrected chi connectivity index (χ0v) is 9.40. The maximum atomic E-state index is 9.69. The molecule has 0 atom stereocenters. The summed E-state index contributed by atoms with van der Waals surface area (Å²) in [7, 11) is 1.94. The fourth-order valence-electron chi connectivity index (χ4n) is 1.64. The van der Waals surface area contributed by atoms with E-state index < -0.39 is 0 Å². The lowest BCUT2D eigenvalue weighted by Gasteiger charge is -1.95. The van der Waals surface area contributed by atoms with Crippen LogP contribution in [0.1, 0.15) is 0 Å². The Bertz CT molecular complexity index is 656. The summed E-state index contributed by atoms with van der Waals surface area (Å²) in [5.74, 6) is 1.16. The molecular formula is C11H9N3OS. The first-order chi connectivity index (χ1) is 7.75. The minimum Gasteiger partial charge on any atom is -0.506 e. The van der Waals surface area contributed by atoms with Gasteiger partial charge in [0.25, 0.3) is 0 Å². The molecule has 4 nitrogen and oxygen atoms in total. The van der Waals surface area contributed by atoms with Crippen LogP contribution in [0.5, 0.6) is 5.75 Å². The number of imidazole rings is 1. The zero-order valence-electron chi connectivity index (χ0n) is 8.58. The second-order valence-corrected chi connectivity index (χ2v) is 4.57. The van der Waals surface area contributed by atoms with Crippen LogP contribution < -0.4 is 0 Å². The number of thiophene rings is 1. The van der Waals surface area contributed by atoms with Crippen LogP contribution in [0.25, 0.3) is 20.9 Å². The normalized spacial score (nSPS) is 11.1. The Labute approximate surface area is 95.8 Å². The van der Waals surface area contributed by atoms with E-state index in [1.165, 1.54) is 11.3 Å². The van der Waals surface area contributed by atoms with Crippen molar-refractivity contribution in [3.63, 3.8) is 0 Å². The average molecular weight is 231 g/mol. The summed E-state index contributed by atoms with van der Waals surface area (Å²) in [6.45, 7) is 0. The van der Waals surface area contributed by atoms with E-state index in [9.17, 15) is 5.11 Å². The summed E-state index contributed by atoms with van der Waals surface area (Å²) in [6, 6.07) is 3.54. The highest BCUT2D eigenvalue weighted by Gasteiger charge is 2.10. The van der Waals surface area contributed by atoms with E-state index in [0.29, 0.717) is 0 Å². The predicted octanol–water partition coefficient (Wildman–Crippen LogP) is 2.40. The lowest BCUT2D eigenvalue weighted by atomic mass is 10.3. The summed E-state index contributed by atoms with van der Waals surface area (Å²) < 4.78 is 2.75. The van der Waals surface area contributed by atoms with E-state index in [2.05, 4.69) is 9.97 Å². The number of pyridine rings is 1. The lowest BCUT2D eigenvalue weighted by Crippen LogP contribution is -1.87. The topological polar surface area (TPSA) is 50.9 Å². The van der Waals surface area contributed by atoms with Gasteiger partial charge in [0, 0.05) is 25.6 Å². The number of fused-ring (bicyclic) bond motifs is 1. The van der Waals surface area contributed by atoms with E-state index in [1.54, 1.807) is 18.5 Å². The van der Waals surface area contributed by atoms with Crippen molar-refractivity contribution >= 4 is 21.6 Å². The number of aromatic hydroxyl groups is 1. The van der Waals surface area contributed by atoms with Crippen LogP contribution >= 0.6 is 11.3 Å². The number of hydrogen-bond acceptors (Lipinski definition) is 4. The molecule has 3 aromatic rings. The van der Waals surface area contributed by atoms with Crippen LogP contribution in [0.2, 0.25) is 0 Å². The van der Waals surface area contributed by atoms with Gasteiger partial charge in [-0.1, -0.05) is 0 Å². The maximum absolute atomic E-state index is 9.69. The van der Waals surface area contributed by atoms with Crippen molar-refractivity contribution in [2.45, 2.75) is 0 Å². The van der Waals surface area contributed by atoms with E-state index in [0.717, 1.165) is 20.9 Å². The maximum Gasteiger partial charge on any atom is 0.149 e. The Morgan fingerprint density at radius 2 is 2.19 bits per heavy atom. The predicted molar refractivity (Wildman–Crippen MR) is 63.5 cm³/mol. The van der Waals surface area contributed by atoms with Gasteiger partial charge in [0.05, 0.1) is 15.1 Å². The molecular weight excluding hydrogens is 222 g/mol. The molecule has 0 unspecified atom stereocenters. The van der Waals surface area contributed by atoms with Gasteiger partial charge in [0.1, 0.15) is 11.6 Å². The number of hydrogen-bond donors (Lipinski definition) is 1. The van der Waals surface area contributed by atoms with Crippen LogP contribution in [-0.4, -0.2) is 19.6 Å². The molecule has 0 radical (unpaired) electrons. The third-order valence-corrected chi connectivity index (χ3v) is 3.58. The fraction of sp³-hybridized carbons (Fsp3) is 0.0909. The highest BCUT2D eigenvalue weighted by atomic mass is 32.1. The van der Waals surface area contributed by atoms with Gasteiger partial charge < -0.3 is 9.67 Å². The highest BCUT2D eigenvalue weighted by molar-refractivity contribution is 7.22. The van der Waals surface area contributed by atoms with Crippen LogP contribution in [0.4, 0.5) is 0 Å². The van der Waals surface area contributed by atoms with Crippen molar-refractivity contribution in [3.05, 3.63) is 30.7 Å². The summed E-state index contributed by atoms with van der Waals surface area (Å²) >= 11 is 1.50. The van der Waals surface area contributed by atoms with Crippen molar-refractivity contribution in [3.8, 4) is 16.5 Å². The third kappa shape index (κ3) is 1.29. The standard InChI is InChI=1S/C11H9N3OS/c1-14-5-4-13-11(14)9-6-7-10(16-9)8(15)2-3-12-7/h2-6H,1H3,(H,12,15). The molecule has 0 saturated heterocycles. The fourth-order valence-corrected chi connectivity index (χ4v) is 2.71. The molecule has 1 N–H and O–H groups in total. The Balaban J connectivity index is 2.27. The molecule has 3 heterocycles. The van der Waals surface area contributed by atoms with E-state index >= 15 is 0 Å². The van der Waals surface area contributed by atoms with Crippen LogP contribution in [0.3, 0.4) is 0 Å². The SMILES string of the molecule is Cn1ccnc1-c1cc2nccc(O)c2s1. The van der Waals surface area contributed by atoms with Crippen molar-refractivity contribution in [2.75, 3.05) is 0 Å². The van der Waals surface area contributed by atoms with Gasteiger partial charge in [-0.2, -0.15) is 0 Å². The van der Waals surface area contributed by atoms with Gasteiger partial charge in [-0.25, -0.2) is 4.98 Å². The Morgan fingerprint density at radius 3 is 2.88 bits per heavy atom. The second-order valence-electron chi connectivity index (χ2n) is 3.52. The number of nitrogens with zero attached hydrogens (tertiary/aromatic N) is 3. The van der Waals surface area contributed by atoms with Crippen LogP contribution in [0, 0.1) is 0 Å². The molecule has 16 heavy (non-hydrogen) atoms. The monoisotopic (exact) mass is 231 g/mol. The average Bonchev–Trinajstić information content (AvgIpc) is 2.84. The summed E-state index contributed by atoms with van der Waals surface area (Å²) in [6.07, 6.45) is 5.26. The van der Waals surface area contributed by atoms with Gasteiger partial charge in [-0.3, -0.25) is 4.98 Å². The first-order valence-electron chi connectivity index (χ1n) is 4.81. The van der Waals surface area contributed by atoms with E-state index in [1.807, 2.05) is 23.9 Å². The molecule has 0 amide bonds. The van der Waals surface area contributed by atoms with Gasteiger partial charge >= 0.3 is 0 Å². The van der Waals surface area contributed by atoms with E-state index in [4.69, 9.17) is 0 Å². The molecule has 0 aromatic carbocycles. The molecule has 5 heteroatoms. The highest BCUT2D eigenvalue weighted by Crippen LogP contribution is 2.35. The van der Waals surface area contributed by atoms with Gasteiger partial charge in [0.2, 0.25) is 0 Å². The van der Waals surface area contributed by atoms with Crippen molar-refractivity contribution in [1.29, 1.82) is 0 Å². The molecule has 3 rings (SSSR count). The van der Waals surface area contributed by atoms with Crippen LogP contribution in [0.15, 0.2) is 30.7 Å². The molecule has 0 aliphatic rings. The molecule has 80 valence electrons. The Morgan fingerprint density at radius 1 is 1.31 bits per heavy atom. The molecule has 0 bridgehead atoms. The Kier molecular flexibility index (Phi) is 1.94. The quantitative estimate of drug-likeness (QED) is 0.699. The number of aryl methyl sites for hydroxylation is 1. The molecule has 0 aliphatic carbocycles. The summed E-state index contributed by atoms with van der Waals surface area (Å²) in [5, 5.41) is 9.69. The first-order valence-corrected chi connectivity index (χ1v) is 5.62. The van der Waals surface area contributed by atoms with Crippen molar-refractivity contribution < 1.29 is 5.11 Å². The third-order valence-electron chi connectivity index (χ3n) is 2.43. The smallest absolute Gasteiger partial charge is 0.149 e. The van der Waals surface area contributed by atoms with Crippen LogP contribution in [-0.2, 0) is 7.05 Å². The zero-order chi connectivity index (χ0) is 11.1. The van der Waals surface area contributed by atoms with Gasteiger partial charge in [-0.05, 0) is 12.1 Å². The number of aromatic nitrogens is 3. The second kappa shape index (κ2) is 3.31. The number of rotatable bonds is 1. The Hall–Kier alpha value is -1.88. The molecule has 0 saturated carbocycles. The summed E-state index contributed by atoms with van der Waals surface area (Å²) in [5.41, 5.74) is 0.808. The minimum absolute atomic E-state index is 0.274. The van der Waals surface area contributed by atoms with Crippen molar-refractivity contribution in [1.82, 2.24) is 14.5 Å². The van der Waals surface area contributed by atoms with Gasteiger partial charge in [0.15, 0.2) is 0 Å². The summed E-state index contributed by atoms with van der Waals surface area (Å²) in [4.78, 5) is 9.50. The lowest BCUT2D eigenvalue weighted by molar-refractivity contribution is 0.482. The first kappa shape index (κ1) is 9.35. The minimum atomic E-state index is 0.274. The molecule has 3 aromatic heterocycles. The molecule has 0 spiro atoms. The van der Waals surface area contributed by atoms with Gasteiger partial charge in [-0.15, -0.1) is 11.3 Å².